The maximum atomic E-state index is 12.2. The maximum Gasteiger partial charge on any atom is 0.323 e. The number of hydrogen-bond acceptors (Lipinski definition) is 2. The van der Waals surface area contributed by atoms with E-state index >= 15 is 0 Å². The Kier molecular flexibility index (Phi) is 4.33. The van der Waals surface area contributed by atoms with Crippen molar-refractivity contribution in [2.75, 3.05) is 6.54 Å². The SMILES string of the molecule is CC1CCCC1C(=O)N(CC(=O)O)C(C)C. The fourth-order valence-corrected chi connectivity index (χ4v) is 2.39. The monoisotopic (exact) mass is 227 g/mol. The average molecular weight is 227 g/mol. The molecule has 0 aromatic rings. The normalized spacial score (nSPS) is 24.8. The average Bonchev–Trinajstić information content (AvgIpc) is 2.59. The van der Waals surface area contributed by atoms with Crippen LogP contribution < -0.4 is 0 Å². The fourth-order valence-electron chi connectivity index (χ4n) is 2.39. The van der Waals surface area contributed by atoms with Crippen molar-refractivity contribution in [3.8, 4) is 0 Å². The lowest BCUT2D eigenvalue weighted by Crippen LogP contribution is -2.44. The Morgan fingerprint density at radius 2 is 2.00 bits per heavy atom. The van der Waals surface area contributed by atoms with Crippen molar-refractivity contribution in [1.29, 1.82) is 0 Å². The van der Waals surface area contributed by atoms with Crippen LogP contribution in [0, 0.1) is 11.8 Å². The predicted octanol–water partition coefficient (Wildman–Crippen LogP) is 1.74. The van der Waals surface area contributed by atoms with Crippen molar-refractivity contribution in [3.05, 3.63) is 0 Å². The highest BCUT2D eigenvalue weighted by Gasteiger charge is 2.34. The molecular weight excluding hydrogens is 206 g/mol. The van der Waals surface area contributed by atoms with Crippen molar-refractivity contribution in [1.82, 2.24) is 4.90 Å². The molecule has 1 aliphatic rings. The first-order valence-corrected chi connectivity index (χ1v) is 5.95. The molecule has 1 amide bonds. The van der Waals surface area contributed by atoms with Crippen molar-refractivity contribution in [2.45, 2.75) is 46.1 Å². The van der Waals surface area contributed by atoms with Crippen molar-refractivity contribution >= 4 is 11.9 Å². The summed E-state index contributed by atoms with van der Waals surface area (Å²) in [5.74, 6) is -0.501. The number of rotatable bonds is 4. The first-order chi connectivity index (χ1) is 7.43. The van der Waals surface area contributed by atoms with Gasteiger partial charge in [-0.3, -0.25) is 9.59 Å². The first-order valence-electron chi connectivity index (χ1n) is 5.95. The van der Waals surface area contributed by atoms with Gasteiger partial charge in [-0.05, 0) is 32.6 Å². The molecule has 1 N–H and O–H groups in total. The highest BCUT2D eigenvalue weighted by atomic mass is 16.4. The minimum absolute atomic E-state index is 0.0161. The van der Waals surface area contributed by atoms with Gasteiger partial charge >= 0.3 is 5.97 Å². The molecule has 2 unspecified atom stereocenters. The number of amides is 1. The van der Waals surface area contributed by atoms with Crippen LogP contribution in [0.2, 0.25) is 0 Å². The third kappa shape index (κ3) is 2.97. The van der Waals surface area contributed by atoms with Crippen LogP contribution in [0.5, 0.6) is 0 Å². The number of carbonyl (C=O) groups is 2. The summed E-state index contributed by atoms with van der Waals surface area (Å²) in [5, 5.41) is 8.80. The summed E-state index contributed by atoms with van der Waals surface area (Å²) in [7, 11) is 0. The van der Waals surface area contributed by atoms with Gasteiger partial charge in [0.15, 0.2) is 0 Å². The van der Waals surface area contributed by atoms with E-state index in [0.29, 0.717) is 5.92 Å². The summed E-state index contributed by atoms with van der Waals surface area (Å²) in [6.07, 6.45) is 3.06. The molecule has 16 heavy (non-hydrogen) atoms. The molecule has 92 valence electrons. The maximum absolute atomic E-state index is 12.2. The zero-order valence-corrected chi connectivity index (χ0v) is 10.3. The molecule has 1 saturated carbocycles. The first kappa shape index (κ1) is 13.0. The standard InChI is InChI=1S/C12H21NO3/c1-8(2)13(7-11(14)15)12(16)10-6-4-5-9(10)3/h8-10H,4-7H2,1-3H3,(H,14,15). The van der Waals surface area contributed by atoms with Crippen LogP contribution in [0.1, 0.15) is 40.0 Å². The van der Waals surface area contributed by atoms with Gasteiger partial charge in [-0.25, -0.2) is 0 Å². The number of carboxylic acid groups (broad SMARTS) is 1. The van der Waals surface area contributed by atoms with Gasteiger partial charge in [-0.15, -0.1) is 0 Å². The lowest BCUT2D eigenvalue weighted by Gasteiger charge is -2.29. The third-order valence-corrected chi connectivity index (χ3v) is 3.39. The summed E-state index contributed by atoms with van der Waals surface area (Å²) in [4.78, 5) is 24.4. The predicted molar refractivity (Wildman–Crippen MR) is 61.0 cm³/mol. The van der Waals surface area contributed by atoms with Gasteiger partial charge in [-0.1, -0.05) is 13.3 Å². The molecule has 0 bridgehead atoms. The zero-order chi connectivity index (χ0) is 12.3. The molecule has 0 radical (unpaired) electrons. The Hall–Kier alpha value is -1.06. The van der Waals surface area contributed by atoms with E-state index in [4.69, 9.17) is 5.11 Å². The van der Waals surface area contributed by atoms with Crippen LogP contribution >= 0.6 is 0 Å². The summed E-state index contributed by atoms with van der Waals surface area (Å²) < 4.78 is 0. The Bertz CT molecular complexity index is 275. The topological polar surface area (TPSA) is 57.6 Å². The van der Waals surface area contributed by atoms with Gasteiger partial charge in [0.2, 0.25) is 5.91 Å². The Balaban J connectivity index is 2.70. The lowest BCUT2D eigenvalue weighted by atomic mass is 9.96. The van der Waals surface area contributed by atoms with E-state index in [0.717, 1.165) is 19.3 Å². The molecule has 2 atom stereocenters. The molecule has 0 aromatic carbocycles. The summed E-state index contributed by atoms with van der Waals surface area (Å²) in [5.41, 5.74) is 0. The minimum atomic E-state index is -0.937. The second-order valence-corrected chi connectivity index (χ2v) is 4.97. The molecule has 1 rings (SSSR count). The number of hydrogen-bond donors (Lipinski definition) is 1. The lowest BCUT2D eigenvalue weighted by molar-refractivity contribution is -0.148. The number of carbonyl (C=O) groups excluding carboxylic acids is 1. The van der Waals surface area contributed by atoms with Gasteiger partial charge in [0.1, 0.15) is 6.54 Å². The molecule has 1 aliphatic carbocycles. The second-order valence-electron chi connectivity index (χ2n) is 4.97. The quantitative estimate of drug-likeness (QED) is 0.796. The van der Waals surface area contributed by atoms with Gasteiger partial charge < -0.3 is 10.0 Å². The summed E-state index contributed by atoms with van der Waals surface area (Å²) in [6, 6.07) is -0.0450. The largest absolute Gasteiger partial charge is 0.480 e. The van der Waals surface area contributed by atoms with Crippen molar-refractivity contribution < 1.29 is 14.7 Å². The molecule has 0 aromatic heterocycles. The molecule has 0 spiro atoms. The number of carboxylic acids is 1. The van der Waals surface area contributed by atoms with E-state index in [1.807, 2.05) is 13.8 Å². The molecule has 4 nitrogen and oxygen atoms in total. The highest BCUT2D eigenvalue weighted by Crippen LogP contribution is 2.32. The fraction of sp³-hybridized carbons (Fsp3) is 0.833. The van der Waals surface area contributed by atoms with Crippen LogP contribution in [0.4, 0.5) is 0 Å². The highest BCUT2D eigenvalue weighted by molar-refractivity contribution is 5.83. The van der Waals surface area contributed by atoms with Gasteiger partial charge in [0.25, 0.3) is 0 Å². The number of nitrogens with zero attached hydrogens (tertiary/aromatic N) is 1. The molecule has 1 fully saturated rings. The Labute approximate surface area is 96.6 Å². The van der Waals surface area contributed by atoms with E-state index in [-0.39, 0.29) is 24.4 Å². The van der Waals surface area contributed by atoms with E-state index in [9.17, 15) is 9.59 Å². The summed E-state index contributed by atoms with van der Waals surface area (Å²) >= 11 is 0. The Morgan fingerprint density at radius 3 is 2.38 bits per heavy atom. The van der Waals surface area contributed by atoms with E-state index in [1.54, 1.807) is 0 Å². The Morgan fingerprint density at radius 1 is 1.38 bits per heavy atom. The van der Waals surface area contributed by atoms with Gasteiger partial charge in [-0.2, -0.15) is 0 Å². The van der Waals surface area contributed by atoms with Crippen molar-refractivity contribution in [2.24, 2.45) is 11.8 Å². The van der Waals surface area contributed by atoms with Gasteiger partial charge in [0, 0.05) is 12.0 Å². The number of aliphatic carboxylic acids is 1. The molecular formula is C12H21NO3. The van der Waals surface area contributed by atoms with Crippen LogP contribution in [0.25, 0.3) is 0 Å². The molecule has 0 heterocycles. The van der Waals surface area contributed by atoms with Crippen LogP contribution in [0.3, 0.4) is 0 Å². The smallest absolute Gasteiger partial charge is 0.323 e. The minimum Gasteiger partial charge on any atom is -0.480 e. The van der Waals surface area contributed by atoms with Gasteiger partial charge in [0.05, 0.1) is 0 Å². The molecule has 4 heteroatoms. The second kappa shape index (κ2) is 5.32. The van der Waals surface area contributed by atoms with E-state index in [1.165, 1.54) is 4.90 Å². The van der Waals surface area contributed by atoms with E-state index in [2.05, 4.69) is 6.92 Å². The zero-order valence-electron chi connectivity index (χ0n) is 10.3. The van der Waals surface area contributed by atoms with Crippen LogP contribution in [-0.2, 0) is 9.59 Å². The van der Waals surface area contributed by atoms with Crippen LogP contribution in [-0.4, -0.2) is 34.5 Å². The molecule has 0 aliphatic heterocycles. The third-order valence-electron chi connectivity index (χ3n) is 3.39. The van der Waals surface area contributed by atoms with Crippen molar-refractivity contribution in [3.63, 3.8) is 0 Å². The van der Waals surface area contributed by atoms with E-state index < -0.39 is 5.97 Å². The summed E-state index contributed by atoms with van der Waals surface area (Å²) in [6.45, 7) is 5.62. The van der Waals surface area contributed by atoms with Crippen LogP contribution in [0.15, 0.2) is 0 Å². The molecule has 0 saturated heterocycles.